The third-order valence-corrected chi connectivity index (χ3v) is 2.20. The maximum atomic E-state index is 10.9. The molecular formula is C7H23BO4PW2. The number of hydrogen-bond donors (Lipinski definition) is 0. The molecule has 0 bridgehead atoms. The van der Waals surface area contributed by atoms with E-state index in [9.17, 15) is 4.57 Å². The van der Waals surface area contributed by atoms with Crippen LogP contribution in [0.15, 0.2) is 0 Å². The van der Waals surface area contributed by atoms with Crippen LogP contribution in [0.3, 0.4) is 0 Å². The number of phosphoric acid groups is 1. The molecule has 0 saturated carbocycles. The quantitative estimate of drug-likeness (QED) is 0.379. The van der Waals surface area contributed by atoms with Crippen molar-refractivity contribution in [3.8, 4) is 0 Å². The van der Waals surface area contributed by atoms with Crippen LogP contribution in [-0.2, 0) is 60.3 Å². The summed E-state index contributed by atoms with van der Waals surface area (Å²) in [6.07, 6.45) is 0. The van der Waals surface area contributed by atoms with E-state index >= 15 is 0 Å². The molecule has 4 nitrogen and oxygen atoms in total. The van der Waals surface area contributed by atoms with Crippen LogP contribution in [-0.4, -0.2) is 29.2 Å². The van der Waals surface area contributed by atoms with Gasteiger partial charge in [0.15, 0.2) is 0 Å². The van der Waals surface area contributed by atoms with Crippen molar-refractivity contribution in [2.45, 2.75) is 29.2 Å². The smallest absolute Gasteiger partial charge is 0.290 e. The Hall–Kier alpha value is 1.55. The fourth-order valence-corrected chi connectivity index (χ4v) is 1.01. The molecule has 0 aromatic carbocycles. The summed E-state index contributed by atoms with van der Waals surface area (Å²) >= 11 is 0. The fraction of sp³-hybridized carbons (Fsp3) is 1.00. The molecule has 0 aliphatic heterocycles. The van der Waals surface area contributed by atoms with Gasteiger partial charge in [0.25, 0.3) is 0 Å². The van der Waals surface area contributed by atoms with Crippen LogP contribution in [0.25, 0.3) is 0 Å². The third-order valence-electron chi connectivity index (χ3n) is 0.734. The second-order valence-corrected chi connectivity index (χ2v) is 3.11. The Kier molecular flexibility index (Phi) is 72.2. The molecule has 0 saturated heterocycles. The number of phosphoric ester groups is 1. The van der Waals surface area contributed by atoms with Crippen LogP contribution in [0.1, 0.15) is 29.2 Å². The molecule has 0 aromatic heterocycles. The maximum Gasteiger partial charge on any atom is 0.474 e. The van der Waals surface area contributed by atoms with Crippen molar-refractivity contribution < 1.29 is 60.3 Å². The van der Waals surface area contributed by atoms with Crippen LogP contribution in [0.4, 0.5) is 0 Å². The van der Waals surface area contributed by atoms with Gasteiger partial charge in [-0.15, -0.1) is 0 Å². The van der Waals surface area contributed by atoms with E-state index in [0.29, 0.717) is 6.61 Å². The van der Waals surface area contributed by atoms with Crippen molar-refractivity contribution in [3.05, 3.63) is 0 Å². The van der Waals surface area contributed by atoms with Gasteiger partial charge in [0, 0.05) is 64.8 Å². The molecule has 0 aromatic rings. The molecule has 8 heteroatoms. The first-order valence-electron chi connectivity index (χ1n) is 2.54. The van der Waals surface area contributed by atoms with Crippen molar-refractivity contribution in [1.29, 1.82) is 0 Å². The zero-order chi connectivity index (χ0) is 7.33. The van der Waals surface area contributed by atoms with Gasteiger partial charge in [0.2, 0.25) is 0 Å². The van der Waals surface area contributed by atoms with Gasteiger partial charge >= 0.3 is 7.82 Å². The largest absolute Gasteiger partial charge is 0.474 e. The summed E-state index contributed by atoms with van der Waals surface area (Å²) < 4.78 is 24.4. The topological polar surface area (TPSA) is 44.8 Å². The summed E-state index contributed by atoms with van der Waals surface area (Å²) in [5.74, 6) is 0. The zero-order valence-corrected chi connectivity index (χ0v) is 13.9. The van der Waals surface area contributed by atoms with E-state index < -0.39 is 7.82 Å². The normalized spacial score (nSPS) is 7.13. The number of rotatable bonds is 4. The molecule has 0 rings (SSSR count). The molecule has 0 N–H and O–H groups in total. The first kappa shape index (κ1) is 43.9. The van der Waals surface area contributed by atoms with Crippen molar-refractivity contribution in [2.75, 3.05) is 20.8 Å². The summed E-state index contributed by atoms with van der Waals surface area (Å²) in [4.78, 5) is 0. The average molecular weight is 581 g/mol. The molecule has 15 heavy (non-hydrogen) atoms. The van der Waals surface area contributed by atoms with Crippen LogP contribution >= 0.6 is 7.82 Å². The third kappa shape index (κ3) is 21.4. The van der Waals surface area contributed by atoms with E-state index in [-0.39, 0.29) is 72.8 Å². The molecule has 0 amide bonds. The van der Waals surface area contributed by atoms with Gasteiger partial charge < -0.3 is 0 Å². The van der Waals surface area contributed by atoms with E-state index in [1.165, 1.54) is 14.2 Å². The Morgan fingerprint density at radius 3 is 1.33 bits per heavy atom. The molecule has 0 fully saturated rings. The summed E-state index contributed by atoms with van der Waals surface area (Å²) in [7, 11) is -0.626. The monoisotopic (exact) mass is 581 g/mol. The van der Waals surface area contributed by atoms with Crippen molar-refractivity contribution in [2.24, 2.45) is 0 Å². The van der Waals surface area contributed by atoms with Gasteiger partial charge in [0.1, 0.15) is 0 Å². The van der Waals surface area contributed by atoms with Crippen LogP contribution in [0.2, 0.25) is 0 Å². The first-order chi connectivity index (χ1) is 4.18. The molecule has 0 atom stereocenters. The van der Waals surface area contributed by atoms with E-state index in [1.54, 1.807) is 6.92 Å². The zero-order valence-electron chi connectivity index (χ0n) is 7.18. The standard InChI is InChI=1S/C4H11O4P.3CH4.B.2W/c1-4-8-9(5,6-2)7-3;;;;;;/h4H2,1-3H3;3*1H4;;;. The van der Waals surface area contributed by atoms with Gasteiger partial charge in [-0.2, -0.15) is 0 Å². The van der Waals surface area contributed by atoms with E-state index in [0.717, 1.165) is 0 Å². The predicted molar refractivity (Wildman–Crippen MR) is 59.2 cm³/mol. The minimum Gasteiger partial charge on any atom is -0.290 e. The van der Waals surface area contributed by atoms with Gasteiger partial charge in [-0.3, -0.25) is 13.6 Å². The van der Waals surface area contributed by atoms with Gasteiger partial charge in [-0.1, -0.05) is 22.3 Å². The summed E-state index contributed by atoms with van der Waals surface area (Å²) in [5.41, 5.74) is 0. The van der Waals surface area contributed by atoms with E-state index in [1.807, 2.05) is 0 Å². The second kappa shape index (κ2) is 24.7. The Bertz CT molecular complexity index is 122. The van der Waals surface area contributed by atoms with Crippen molar-refractivity contribution >= 4 is 16.2 Å². The van der Waals surface area contributed by atoms with Crippen LogP contribution in [0.5, 0.6) is 0 Å². The average Bonchev–Trinajstić information content (AvgIpc) is 1.89. The minimum absolute atomic E-state index is 0. The van der Waals surface area contributed by atoms with Crippen LogP contribution in [0, 0.1) is 0 Å². The molecule has 3 radical (unpaired) electrons. The SMILES string of the molecule is C.C.C.CCOP(=O)(OC)OC.[B].[W].[W]. The molecule has 0 aliphatic carbocycles. The molecule has 0 unspecified atom stereocenters. The van der Waals surface area contributed by atoms with Gasteiger partial charge in [0.05, 0.1) is 6.61 Å². The fourth-order valence-electron chi connectivity index (χ4n) is 0.338. The van der Waals surface area contributed by atoms with Gasteiger partial charge in [-0.25, -0.2) is 4.57 Å². The van der Waals surface area contributed by atoms with Crippen LogP contribution < -0.4 is 0 Å². The van der Waals surface area contributed by atoms with Gasteiger partial charge in [-0.05, 0) is 6.92 Å². The summed E-state index contributed by atoms with van der Waals surface area (Å²) in [6.45, 7) is 2.03. The minimum atomic E-state index is -3.18. The Balaban J connectivity index is -0.0000000213. The number of hydrogen-bond acceptors (Lipinski definition) is 4. The molecule has 0 aliphatic rings. The summed E-state index contributed by atoms with van der Waals surface area (Å²) in [6, 6.07) is 0. The predicted octanol–water partition coefficient (Wildman–Crippen LogP) is 2.95. The molecular weight excluding hydrogens is 558 g/mol. The second-order valence-electron chi connectivity index (χ2n) is 1.23. The van der Waals surface area contributed by atoms with Crippen molar-refractivity contribution in [1.82, 2.24) is 0 Å². The first-order valence-corrected chi connectivity index (χ1v) is 4.00. The Labute approximate surface area is 126 Å². The summed E-state index contributed by atoms with van der Waals surface area (Å²) in [5, 5.41) is 0. The Morgan fingerprint density at radius 1 is 1.00 bits per heavy atom. The molecule has 95 valence electrons. The maximum absolute atomic E-state index is 10.9. The van der Waals surface area contributed by atoms with Crippen molar-refractivity contribution in [3.63, 3.8) is 0 Å². The Morgan fingerprint density at radius 2 is 1.27 bits per heavy atom. The van der Waals surface area contributed by atoms with E-state index in [2.05, 4.69) is 13.6 Å². The van der Waals surface area contributed by atoms with E-state index in [4.69, 9.17) is 0 Å². The molecule has 0 heterocycles. The molecule has 0 spiro atoms.